The Morgan fingerprint density at radius 1 is 1.47 bits per heavy atom. The lowest BCUT2D eigenvalue weighted by Gasteiger charge is -2.18. The Balaban J connectivity index is 2.96. The monoisotopic (exact) mass is 305 g/mol. The third-order valence-electron chi connectivity index (χ3n) is 1.88. The summed E-state index contributed by atoms with van der Waals surface area (Å²) in [5, 5.41) is 2.65. The van der Waals surface area contributed by atoms with Crippen LogP contribution in [0.3, 0.4) is 0 Å². The normalized spacial score (nSPS) is 10.4. The number of halogens is 1. The highest BCUT2D eigenvalue weighted by Gasteiger charge is 2.16. The zero-order valence-corrected chi connectivity index (χ0v) is 12.7. The molecule has 7 nitrogen and oxygen atoms in total. The summed E-state index contributed by atoms with van der Waals surface area (Å²) in [7, 11) is 1.31. The lowest BCUT2D eigenvalue weighted by molar-refractivity contribution is 0.200. The van der Waals surface area contributed by atoms with Crippen LogP contribution in [0.4, 0.5) is 16.7 Å². The molecule has 0 amide bonds. The first kappa shape index (κ1) is 15.8. The van der Waals surface area contributed by atoms with Crippen LogP contribution in [0.2, 0.25) is 5.28 Å². The van der Waals surface area contributed by atoms with Crippen LogP contribution >= 0.6 is 23.5 Å². The van der Waals surface area contributed by atoms with Crippen LogP contribution in [0.5, 0.6) is 0 Å². The summed E-state index contributed by atoms with van der Waals surface area (Å²) in [6, 6.07) is 0.162. The van der Waals surface area contributed by atoms with Crippen molar-refractivity contribution in [3.63, 3.8) is 0 Å². The van der Waals surface area contributed by atoms with Gasteiger partial charge in [-0.1, -0.05) is 0 Å². The van der Waals surface area contributed by atoms with E-state index in [1.54, 1.807) is 4.31 Å². The molecule has 0 aliphatic carbocycles. The molecule has 1 aromatic rings. The first-order valence-electron chi connectivity index (χ1n) is 5.67. The molecule has 1 heterocycles. The summed E-state index contributed by atoms with van der Waals surface area (Å²) in [6.07, 6.45) is 0. The molecule has 0 spiro atoms. The minimum Gasteiger partial charge on any atom is -0.460 e. The average Bonchev–Trinajstić information content (AvgIpc) is 2.33. The minimum absolute atomic E-state index is 0.0667. The lowest BCUT2D eigenvalue weighted by atomic mass is 10.4. The number of hydrogen-bond donors (Lipinski definition) is 1. The van der Waals surface area contributed by atoms with Crippen molar-refractivity contribution < 1.29 is 9.53 Å². The van der Waals surface area contributed by atoms with Crippen LogP contribution in [-0.2, 0) is 4.74 Å². The van der Waals surface area contributed by atoms with Crippen LogP contribution in [0.1, 0.15) is 20.8 Å². The standard InChI is InChI=1S/C10H16ClN5O2S/c1-5-16(19-10(17)18-4)9-14-7(11)13-8(15-9)12-6(2)3/h6H,5H2,1-4H3,(H,12,13,14,15). The van der Waals surface area contributed by atoms with E-state index < -0.39 is 5.30 Å². The van der Waals surface area contributed by atoms with Gasteiger partial charge in [0.2, 0.25) is 17.2 Å². The Hall–Kier alpha value is -1.28. The molecule has 0 atom stereocenters. The Kier molecular flexibility index (Phi) is 6.10. The molecule has 0 aromatic carbocycles. The number of nitrogens with one attached hydrogen (secondary N) is 1. The second kappa shape index (κ2) is 7.34. The number of carbonyl (C=O) groups excluding carboxylic acids is 1. The molecule has 0 saturated carbocycles. The van der Waals surface area contributed by atoms with Gasteiger partial charge in [0.25, 0.3) is 0 Å². The summed E-state index contributed by atoms with van der Waals surface area (Å²) in [4.78, 5) is 23.5. The molecule has 0 aliphatic rings. The third kappa shape index (κ3) is 5.07. The molecule has 0 unspecified atom stereocenters. The van der Waals surface area contributed by atoms with Crippen molar-refractivity contribution in [2.75, 3.05) is 23.3 Å². The fourth-order valence-corrected chi connectivity index (χ4v) is 1.85. The average molecular weight is 306 g/mol. The van der Waals surface area contributed by atoms with E-state index in [0.29, 0.717) is 18.4 Å². The second-order valence-electron chi connectivity index (χ2n) is 3.77. The van der Waals surface area contributed by atoms with Crippen molar-refractivity contribution in [1.29, 1.82) is 0 Å². The quantitative estimate of drug-likeness (QED) is 0.657. The van der Waals surface area contributed by atoms with Crippen molar-refractivity contribution in [3.8, 4) is 0 Å². The number of aromatic nitrogens is 3. The van der Waals surface area contributed by atoms with E-state index in [1.807, 2.05) is 20.8 Å². The number of nitrogens with zero attached hydrogens (tertiary/aromatic N) is 4. The highest BCUT2D eigenvalue weighted by molar-refractivity contribution is 8.14. The highest BCUT2D eigenvalue weighted by atomic mass is 35.5. The molecule has 0 saturated heterocycles. The maximum atomic E-state index is 11.3. The number of hydrogen-bond acceptors (Lipinski definition) is 8. The number of anilines is 2. The zero-order chi connectivity index (χ0) is 14.4. The molecule has 1 aromatic heterocycles. The predicted octanol–water partition coefficient (Wildman–Crippen LogP) is 2.59. The van der Waals surface area contributed by atoms with Gasteiger partial charge in [-0.2, -0.15) is 15.0 Å². The van der Waals surface area contributed by atoms with Gasteiger partial charge >= 0.3 is 5.30 Å². The topological polar surface area (TPSA) is 80.2 Å². The van der Waals surface area contributed by atoms with Crippen molar-refractivity contribution in [2.24, 2.45) is 0 Å². The van der Waals surface area contributed by atoms with Gasteiger partial charge in [0.1, 0.15) is 0 Å². The van der Waals surface area contributed by atoms with E-state index in [9.17, 15) is 4.79 Å². The Labute approximate surface area is 121 Å². The van der Waals surface area contributed by atoms with Gasteiger partial charge in [0.05, 0.1) is 19.1 Å². The Morgan fingerprint density at radius 3 is 2.68 bits per heavy atom. The van der Waals surface area contributed by atoms with Gasteiger partial charge < -0.3 is 10.1 Å². The van der Waals surface area contributed by atoms with Crippen molar-refractivity contribution in [2.45, 2.75) is 26.8 Å². The number of methoxy groups -OCH3 is 1. The van der Waals surface area contributed by atoms with Gasteiger partial charge in [-0.05, 0) is 32.4 Å². The second-order valence-corrected chi connectivity index (χ2v) is 5.06. The van der Waals surface area contributed by atoms with E-state index in [2.05, 4.69) is 25.0 Å². The van der Waals surface area contributed by atoms with Gasteiger partial charge in [-0.15, -0.1) is 0 Å². The summed E-state index contributed by atoms with van der Waals surface area (Å²) in [6.45, 7) is 6.29. The number of rotatable bonds is 5. The summed E-state index contributed by atoms with van der Waals surface area (Å²) < 4.78 is 6.17. The fourth-order valence-electron chi connectivity index (χ4n) is 1.15. The SMILES string of the molecule is CCN(SC(=O)OC)c1nc(Cl)nc(NC(C)C)n1. The molecule has 106 valence electrons. The maximum absolute atomic E-state index is 11.3. The molecule has 1 rings (SSSR count). The van der Waals surface area contributed by atoms with Crippen LogP contribution in [-0.4, -0.2) is 39.9 Å². The van der Waals surface area contributed by atoms with Gasteiger partial charge in [-0.25, -0.2) is 4.79 Å². The molecule has 0 aliphatic heterocycles. The molecular formula is C10H16ClN5O2S. The van der Waals surface area contributed by atoms with Crippen molar-refractivity contribution in [1.82, 2.24) is 15.0 Å². The Morgan fingerprint density at radius 2 is 2.16 bits per heavy atom. The molecule has 19 heavy (non-hydrogen) atoms. The van der Waals surface area contributed by atoms with Crippen molar-refractivity contribution >= 4 is 40.7 Å². The molecular weight excluding hydrogens is 290 g/mol. The fraction of sp³-hybridized carbons (Fsp3) is 0.600. The van der Waals surface area contributed by atoms with Crippen molar-refractivity contribution in [3.05, 3.63) is 5.28 Å². The summed E-state index contributed by atoms with van der Waals surface area (Å²) in [5.41, 5.74) is 0. The van der Waals surface area contributed by atoms with Crippen LogP contribution in [0, 0.1) is 0 Å². The molecule has 1 N–H and O–H groups in total. The third-order valence-corrected chi connectivity index (χ3v) is 3.00. The van der Waals surface area contributed by atoms with E-state index in [4.69, 9.17) is 11.6 Å². The number of ether oxygens (including phenoxy) is 1. The van der Waals surface area contributed by atoms with Crippen LogP contribution in [0.15, 0.2) is 0 Å². The lowest BCUT2D eigenvalue weighted by Crippen LogP contribution is -2.21. The van der Waals surface area contributed by atoms with E-state index >= 15 is 0 Å². The summed E-state index contributed by atoms with van der Waals surface area (Å²) in [5.74, 6) is 0.676. The van der Waals surface area contributed by atoms with Crippen LogP contribution in [0.25, 0.3) is 0 Å². The van der Waals surface area contributed by atoms with E-state index in [-0.39, 0.29) is 11.3 Å². The predicted molar refractivity (Wildman–Crippen MR) is 76.6 cm³/mol. The molecule has 0 radical (unpaired) electrons. The smallest absolute Gasteiger partial charge is 0.388 e. The number of carbonyl (C=O) groups is 1. The summed E-state index contributed by atoms with van der Waals surface area (Å²) >= 11 is 6.72. The largest absolute Gasteiger partial charge is 0.460 e. The van der Waals surface area contributed by atoms with E-state index in [0.717, 1.165) is 11.9 Å². The van der Waals surface area contributed by atoms with Gasteiger partial charge in [0, 0.05) is 12.6 Å². The highest BCUT2D eigenvalue weighted by Crippen LogP contribution is 2.21. The first-order valence-corrected chi connectivity index (χ1v) is 6.83. The van der Waals surface area contributed by atoms with Crippen LogP contribution < -0.4 is 9.62 Å². The zero-order valence-electron chi connectivity index (χ0n) is 11.2. The van der Waals surface area contributed by atoms with E-state index in [1.165, 1.54) is 7.11 Å². The minimum atomic E-state index is -0.447. The maximum Gasteiger partial charge on any atom is 0.388 e. The molecule has 0 fully saturated rings. The molecule has 9 heteroatoms. The van der Waals surface area contributed by atoms with Gasteiger partial charge in [-0.3, -0.25) is 4.31 Å². The molecule has 0 bridgehead atoms. The Bertz CT molecular complexity index is 446. The first-order chi connectivity index (χ1) is 8.96. The van der Waals surface area contributed by atoms with Gasteiger partial charge in [0.15, 0.2) is 0 Å².